The van der Waals surface area contributed by atoms with Crippen LogP contribution in [0.3, 0.4) is 0 Å². The van der Waals surface area contributed by atoms with Crippen molar-refractivity contribution in [3.63, 3.8) is 0 Å². The monoisotopic (exact) mass is 213 g/mol. The van der Waals surface area contributed by atoms with Crippen molar-refractivity contribution in [3.8, 4) is 0 Å². The summed E-state index contributed by atoms with van der Waals surface area (Å²) < 4.78 is 5.55. The highest BCUT2D eigenvalue weighted by Gasteiger charge is 2.22. The molecule has 2 N–H and O–H groups in total. The molecule has 0 unspecified atom stereocenters. The third-order valence-corrected chi connectivity index (χ3v) is 3.16. The number of hydrogen-bond donors (Lipinski definition) is 1. The van der Waals surface area contributed by atoms with Crippen LogP contribution in [-0.4, -0.2) is 19.1 Å². The van der Waals surface area contributed by atoms with E-state index in [1.54, 1.807) is 0 Å². The van der Waals surface area contributed by atoms with Crippen LogP contribution < -0.4 is 5.73 Å². The van der Waals surface area contributed by atoms with Gasteiger partial charge in [-0.25, -0.2) is 0 Å². The molecule has 1 fully saturated rings. The number of primary amides is 1. The first kappa shape index (κ1) is 12.5. The summed E-state index contributed by atoms with van der Waals surface area (Å²) in [6.07, 6.45) is 6.34. The topological polar surface area (TPSA) is 52.3 Å². The number of carbonyl (C=O) groups excluding carboxylic acids is 1. The Morgan fingerprint density at radius 1 is 1.27 bits per heavy atom. The highest BCUT2D eigenvalue weighted by Crippen LogP contribution is 2.30. The van der Waals surface area contributed by atoms with Gasteiger partial charge in [0.2, 0.25) is 5.91 Å². The molecule has 1 rings (SSSR count). The zero-order valence-corrected chi connectivity index (χ0v) is 9.71. The van der Waals surface area contributed by atoms with Crippen LogP contribution in [0.2, 0.25) is 0 Å². The first-order valence-electron chi connectivity index (χ1n) is 6.08. The minimum Gasteiger partial charge on any atom is -0.381 e. The van der Waals surface area contributed by atoms with Crippen molar-refractivity contribution in [2.24, 2.45) is 17.6 Å². The van der Waals surface area contributed by atoms with Gasteiger partial charge < -0.3 is 10.5 Å². The Morgan fingerprint density at radius 3 is 2.40 bits per heavy atom. The molecular weight excluding hydrogens is 190 g/mol. The molecule has 0 aromatic rings. The normalized spacial score (nSPS) is 26.5. The standard InChI is InChI=1S/C12H23NO2/c1-2-7-15-9-11-5-3-10(4-6-11)8-12(13)14/h10-11H,2-9H2,1H3,(H2,13,14)/t10-,11-. The molecule has 88 valence electrons. The second-order valence-corrected chi connectivity index (χ2v) is 4.63. The van der Waals surface area contributed by atoms with Crippen LogP contribution in [-0.2, 0) is 9.53 Å². The summed E-state index contributed by atoms with van der Waals surface area (Å²) in [4.78, 5) is 10.8. The fraction of sp³-hybridized carbons (Fsp3) is 0.917. The Kier molecular flexibility index (Phi) is 5.69. The maximum absolute atomic E-state index is 10.8. The summed E-state index contributed by atoms with van der Waals surface area (Å²) >= 11 is 0. The van der Waals surface area contributed by atoms with Crippen LogP contribution >= 0.6 is 0 Å². The van der Waals surface area contributed by atoms with Gasteiger partial charge in [0.15, 0.2) is 0 Å². The second kappa shape index (κ2) is 6.83. The lowest BCUT2D eigenvalue weighted by Gasteiger charge is -2.27. The predicted octanol–water partition coefficient (Wildman–Crippen LogP) is 2.09. The zero-order valence-electron chi connectivity index (χ0n) is 9.71. The molecule has 1 saturated carbocycles. The maximum atomic E-state index is 10.8. The first-order chi connectivity index (χ1) is 7.22. The molecule has 0 bridgehead atoms. The third kappa shape index (κ3) is 5.17. The molecule has 15 heavy (non-hydrogen) atoms. The van der Waals surface area contributed by atoms with Gasteiger partial charge >= 0.3 is 0 Å². The van der Waals surface area contributed by atoms with Gasteiger partial charge in [-0.3, -0.25) is 4.79 Å². The van der Waals surface area contributed by atoms with E-state index in [9.17, 15) is 4.79 Å². The summed E-state index contributed by atoms with van der Waals surface area (Å²) in [6, 6.07) is 0. The average Bonchev–Trinajstić information content (AvgIpc) is 2.20. The highest BCUT2D eigenvalue weighted by molar-refractivity contribution is 5.73. The van der Waals surface area contributed by atoms with Gasteiger partial charge in [0.1, 0.15) is 0 Å². The van der Waals surface area contributed by atoms with Gasteiger partial charge in [-0.05, 0) is 43.9 Å². The first-order valence-corrected chi connectivity index (χ1v) is 6.08. The van der Waals surface area contributed by atoms with Crippen molar-refractivity contribution in [3.05, 3.63) is 0 Å². The molecule has 0 aromatic heterocycles. The zero-order chi connectivity index (χ0) is 11.1. The molecule has 0 heterocycles. The molecule has 0 aromatic carbocycles. The summed E-state index contributed by atoms with van der Waals surface area (Å²) in [6.45, 7) is 3.90. The lowest BCUT2D eigenvalue weighted by Crippen LogP contribution is -2.23. The SMILES string of the molecule is CCCOC[C@H]1CC[C@H](CC(N)=O)CC1. The van der Waals surface area contributed by atoms with E-state index < -0.39 is 0 Å². The Bertz CT molecular complexity index is 186. The van der Waals surface area contributed by atoms with Crippen LogP contribution in [0.4, 0.5) is 0 Å². The quantitative estimate of drug-likeness (QED) is 0.687. The summed E-state index contributed by atoms with van der Waals surface area (Å²) in [5.41, 5.74) is 5.19. The fourth-order valence-corrected chi connectivity index (χ4v) is 2.28. The number of ether oxygens (including phenoxy) is 1. The predicted molar refractivity (Wildman–Crippen MR) is 60.4 cm³/mol. The minimum atomic E-state index is -0.152. The van der Waals surface area contributed by atoms with Crippen molar-refractivity contribution >= 4 is 5.91 Å². The Hall–Kier alpha value is -0.570. The molecule has 3 heteroatoms. The van der Waals surface area contributed by atoms with E-state index in [1.807, 2.05) is 0 Å². The smallest absolute Gasteiger partial charge is 0.217 e. The highest BCUT2D eigenvalue weighted by atomic mass is 16.5. The summed E-state index contributed by atoms with van der Waals surface area (Å²) in [5.74, 6) is 1.09. The van der Waals surface area contributed by atoms with Crippen molar-refractivity contribution in [1.82, 2.24) is 0 Å². The van der Waals surface area contributed by atoms with Crippen LogP contribution in [0.1, 0.15) is 45.4 Å². The fourth-order valence-electron chi connectivity index (χ4n) is 2.28. The van der Waals surface area contributed by atoms with Gasteiger partial charge in [-0.15, -0.1) is 0 Å². The second-order valence-electron chi connectivity index (χ2n) is 4.63. The van der Waals surface area contributed by atoms with Crippen molar-refractivity contribution in [2.75, 3.05) is 13.2 Å². The van der Waals surface area contributed by atoms with E-state index in [4.69, 9.17) is 10.5 Å². The summed E-state index contributed by atoms with van der Waals surface area (Å²) in [5, 5.41) is 0. The van der Waals surface area contributed by atoms with Crippen LogP contribution in [0.5, 0.6) is 0 Å². The van der Waals surface area contributed by atoms with Gasteiger partial charge in [-0.2, -0.15) is 0 Å². The van der Waals surface area contributed by atoms with E-state index >= 15 is 0 Å². The number of rotatable bonds is 6. The van der Waals surface area contributed by atoms with E-state index in [-0.39, 0.29) is 5.91 Å². The van der Waals surface area contributed by atoms with Gasteiger partial charge in [0.05, 0.1) is 0 Å². The molecule has 0 saturated heterocycles. The van der Waals surface area contributed by atoms with E-state index in [1.165, 1.54) is 12.8 Å². The Labute approximate surface area is 92.4 Å². The van der Waals surface area contributed by atoms with Gasteiger partial charge in [-0.1, -0.05) is 6.92 Å². The summed E-state index contributed by atoms with van der Waals surface area (Å²) in [7, 11) is 0. The number of carbonyl (C=O) groups is 1. The van der Waals surface area contributed by atoms with Gasteiger partial charge in [0.25, 0.3) is 0 Å². The van der Waals surface area contributed by atoms with Crippen LogP contribution in [0.25, 0.3) is 0 Å². The molecular formula is C12H23NO2. The number of amides is 1. The molecule has 0 aliphatic heterocycles. The van der Waals surface area contributed by atoms with E-state index in [0.29, 0.717) is 18.3 Å². The average molecular weight is 213 g/mol. The maximum Gasteiger partial charge on any atom is 0.217 e. The van der Waals surface area contributed by atoms with Crippen LogP contribution in [0, 0.1) is 11.8 Å². The molecule has 3 nitrogen and oxygen atoms in total. The van der Waals surface area contributed by atoms with Crippen molar-refractivity contribution in [1.29, 1.82) is 0 Å². The minimum absolute atomic E-state index is 0.152. The molecule has 0 spiro atoms. The molecule has 0 atom stereocenters. The van der Waals surface area contributed by atoms with E-state index in [2.05, 4.69) is 6.92 Å². The number of hydrogen-bond acceptors (Lipinski definition) is 2. The Morgan fingerprint density at radius 2 is 1.87 bits per heavy atom. The number of nitrogens with two attached hydrogens (primary N) is 1. The third-order valence-electron chi connectivity index (χ3n) is 3.16. The van der Waals surface area contributed by atoms with Crippen molar-refractivity contribution < 1.29 is 9.53 Å². The van der Waals surface area contributed by atoms with Gasteiger partial charge in [0, 0.05) is 19.6 Å². The molecule has 1 amide bonds. The molecule has 0 radical (unpaired) electrons. The molecule has 1 aliphatic rings. The molecule has 1 aliphatic carbocycles. The largest absolute Gasteiger partial charge is 0.381 e. The van der Waals surface area contributed by atoms with Crippen molar-refractivity contribution in [2.45, 2.75) is 45.4 Å². The lowest BCUT2D eigenvalue weighted by molar-refractivity contribution is -0.119. The Balaban J connectivity index is 2.10. The van der Waals surface area contributed by atoms with E-state index in [0.717, 1.165) is 32.5 Å². The lowest BCUT2D eigenvalue weighted by atomic mass is 9.81. The van der Waals surface area contributed by atoms with Crippen LogP contribution in [0.15, 0.2) is 0 Å².